The van der Waals surface area contributed by atoms with Crippen LogP contribution in [0.15, 0.2) is 60.7 Å². The number of benzene rings is 2. The van der Waals surface area contributed by atoms with E-state index in [0.29, 0.717) is 5.56 Å². The summed E-state index contributed by atoms with van der Waals surface area (Å²) in [6.45, 7) is 0. The van der Waals surface area contributed by atoms with Gasteiger partial charge in [0.05, 0.1) is 12.3 Å². The number of nitrogens with zero attached hydrogens (tertiary/aromatic N) is 1. The predicted molar refractivity (Wildman–Crippen MR) is 80.4 cm³/mol. The third-order valence-electron chi connectivity index (χ3n) is 3.61. The molecule has 3 rings (SSSR count). The zero-order chi connectivity index (χ0) is 15.0. The van der Waals surface area contributed by atoms with Crippen LogP contribution in [0.25, 0.3) is 0 Å². The number of carbonyl (C=O) groups excluding carboxylic acids is 1. The monoisotopic (exact) mass is 301 g/mol. The van der Waals surface area contributed by atoms with Crippen LogP contribution in [0.1, 0.15) is 22.0 Å². The molecule has 0 N–H and O–H groups in total. The molecule has 0 aliphatic carbocycles. The number of Topliss-reactive ketones (excluding diaryl/α,β-unsaturated/α-hetero) is 1. The first-order chi connectivity index (χ1) is 10.00. The second-order valence-corrected chi connectivity index (χ2v) is 7.01. The van der Waals surface area contributed by atoms with Crippen molar-refractivity contribution in [3.63, 3.8) is 0 Å². The first kappa shape index (κ1) is 14.0. The summed E-state index contributed by atoms with van der Waals surface area (Å²) < 4.78 is 25.1. The summed E-state index contributed by atoms with van der Waals surface area (Å²) >= 11 is 0. The molecular weight excluding hydrogens is 286 g/mol. The quantitative estimate of drug-likeness (QED) is 0.643. The van der Waals surface area contributed by atoms with Crippen molar-refractivity contribution in [2.45, 2.75) is 12.1 Å². The average molecular weight is 301 g/mol. The van der Waals surface area contributed by atoms with Crippen LogP contribution in [-0.2, 0) is 10.0 Å². The lowest BCUT2D eigenvalue weighted by Gasteiger charge is -2.00. The van der Waals surface area contributed by atoms with E-state index in [1.165, 1.54) is 4.31 Å². The Morgan fingerprint density at radius 3 is 2.00 bits per heavy atom. The molecular formula is C16H15NO3S. The fourth-order valence-corrected chi connectivity index (χ4v) is 3.85. The summed E-state index contributed by atoms with van der Waals surface area (Å²) in [4.78, 5) is 12.5. The molecule has 2 aromatic carbocycles. The van der Waals surface area contributed by atoms with Gasteiger partial charge in [0.25, 0.3) is 0 Å². The van der Waals surface area contributed by atoms with Gasteiger partial charge < -0.3 is 0 Å². The number of carbonyl (C=O) groups is 1. The van der Waals surface area contributed by atoms with E-state index in [-0.39, 0.29) is 5.78 Å². The van der Waals surface area contributed by atoms with E-state index in [2.05, 4.69) is 0 Å². The molecule has 2 aromatic rings. The minimum Gasteiger partial charge on any atom is -0.292 e. The highest BCUT2D eigenvalue weighted by molar-refractivity contribution is 7.88. The SMILES string of the molecule is CS(=O)(=O)N1[C@H](C(=O)c2ccccc2)[C@H]1c1ccccc1. The number of rotatable bonds is 4. The van der Waals surface area contributed by atoms with Crippen molar-refractivity contribution in [3.8, 4) is 0 Å². The van der Waals surface area contributed by atoms with Gasteiger partial charge in [-0.15, -0.1) is 0 Å². The summed E-state index contributed by atoms with van der Waals surface area (Å²) in [5.74, 6) is -0.158. The van der Waals surface area contributed by atoms with Crippen molar-refractivity contribution >= 4 is 15.8 Å². The Balaban J connectivity index is 1.96. The molecule has 5 heteroatoms. The molecule has 1 aliphatic heterocycles. The highest BCUT2D eigenvalue weighted by atomic mass is 32.2. The molecule has 1 heterocycles. The third-order valence-corrected chi connectivity index (χ3v) is 4.83. The third kappa shape index (κ3) is 2.62. The van der Waals surface area contributed by atoms with Crippen molar-refractivity contribution in [3.05, 3.63) is 71.8 Å². The molecule has 108 valence electrons. The zero-order valence-corrected chi connectivity index (χ0v) is 12.3. The first-order valence-corrected chi connectivity index (χ1v) is 8.48. The largest absolute Gasteiger partial charge is 0.292 e. The smallest absolute Gasteiger partial charge is 0.212 e. The van der Waals surface area contributed by atoms with Crippen molar-refractivity contribution in [1.29, 1.82) is 0 Å². The zero-order valence-electron chi connectivity index (χ0n) is 11.5. The highest BCUT2D eigenvalue weighted by Gasteiger charge is 2.58. The Morgan fingerprint density at radius 2 is 1.48 bits per heavy atom. The Kier molecular flexibility index (Phi) is 3.39. The van der Waals surface area contributed by atoms with E-state index >= 15 is 0 Å². The minimum absolute atomic E-state index is 0.158. The molecule has 0 aromatic heterocycles. The summed E-state index contributed by atoms with van der Waals surface area (Å²) in [5.41, 5.74) is 1.38. The maximum Gasteiger partial charge on any atom is 0.212 e. The van der Waals surface area contributed by atoms with Crippen LogP contribution < -0.4 is 0 Å². The van der Waals surface area contributed by atoms with Gasteiger partial charge in [0.2, 0.25) is 10.0 Å². The van der Waals surface area contributed by atoms with Crippen LogP contribution in [0, 0.1) is 0 Å². The number of hydrogen-bond donors (Lipinski definition) is 0. The van der Waals surface area contributed by atoms with E-state index in [9.17, 15) is 13.2 Å². The van der Waals surface area contributed by atoms with Crippen LogP contribution in [0.4, 0.5) is 0 Å². The number of sulfonamides is 1. The van der Waals surface area contributed by atoms with E-state index < -0.39 is 22.1 Å². The average Bonchev–Trinajstić information content (AvgIpc) is 3.24. The van der Waals surface area contributed by atoms with Crippen LogP contribution in [0.5, 0.6) is 0 Å². The fourth-order valence-electron chi connectivity index (χ4n) is 2.64. The standard InChI is InChI=1S/C16H15NO3S/c1-21(19,20)17-14(12-8-4-2-5-9-12)15(17)16(18)13-10-6-3-7-11-13/h2-11,14-15H,1H3/t14-,15+,17?/m1/s1. The molecule has 1 saturated heterocycles. The Morgan fingerprint density at radius 1 is 0.952 bits per heavy atom. The second kappa shape index (κ2) is 5.09. The number of ketones is 1. The predicted octanol–water partition coefficient (Wildman–Crippen LogP) is 2.25. The normalized spacial score (nSPS) is 24.5. The molecule has 4 nitrogen and oxygen atoms in total. The fraction of sp³-hybridized carbons (Fsp3) is 0.188. The van der Waals surface area contributed by atoms with E-state index in [4.69, 9.17) is 0 Å². The van der Waals surface area contributed by atoms with Crippen LogP contribution >= 0.6 is 0 Å². The van der Waals surface area contributed by atoms with E-state index in [1.807, 2.05) is 36.4 Å². The molecule has 21 heavy (non-hydrogen) atoms. The van der Waals surface area contributed by atoms with Gasteiger partial charge in [-0.2, -0.15) is 4.31 Å². The minimum atomic E-state index is -3.42. The molecule has 1 aliphatic rings. The maximum atomic E-state index is 12.5. The Hall–Kier alpha value is -1.98. The van der Waals surface area contributed by atoms with Gasteiger partial charge in [-0.25, -0.2) is 8.42 Å². The Bertz CT molecular complexity index is 757. The van der Waals surface area contributed by atoms with Gasteiger partial charge in [0.1, 0.15) is 6.04 Å². The molecule has 0 amide bonds. The van der Waals surface area contributed by atoms with E-state index in [0.717, 1.165) is 11.8 Å². The van der Waals surface area contributed by atoms with Crippen LogP contribution in [0.3, 0.4) is 0 Å². The molecule has 0 saturated carbocycles. The van der Waals surface area contributed by atoms with Crippen molar-refractivity contribution in [2.75, 3.05) is 6.26 Å². The van der Waals surface area contributed by atoms with Gasteiger partial charge in [-0.3, -0.25) is 4.79 Å². The molecule has 0 radical (unpaired) electrons. The summed E-state index contributed by atoms with van der Waals surface area (Å²) in [6, 6.07) is 17.0. The first-order valence-electron chi connectivity index (χ1n) is 6.63. The van der Waals surface area contributed by atoms with E-state index in [1.54, 1.807) is 24.3 Å². The topological polar surface area (TPSA) is 54.2 Å². The lowest BCUT2D eigenvalue weighted by atomic mass is 10.0. The maximum absolute atomic E-state index is 12.5. The molecule has 3 atom stereocenters. The Labute approximate surface area is 124 Å². The summed E-state index contributed by atoms with van der Waals surface area (Å²) in [7, 11) is -3.42. The van der Waals surface area contributed by atoms with Gasteiger partial charge in [0.15, 0.2) is 5.78 Å². The van der Waals surface area contributed by atoms with Crippen LogP contribution in [0.2, 0.25) is 0 Å². The van der Waals surface area contributed by atoms with Gasteiger partial charge in [-0.1, -0.05) is 60.7 Å². The molecule has 1 unspecified atom stereocenters. The molecule has 0 bridgehead atoms. The molecule has 0 spiro atoms. The van der Waals surface area contributed by atoms with Gasteiger partial charge in [-0.05, 0) is 5.56 Å². The van der Waals surface area contributed by atoms with Crippen molar-refractivity contribution in [1.82, 2.24) is 4.31 Å². The second-order valence-electron chi connectivity index (χ2n) is 5.12. The van der Waals surface area contributed by atoms with Gasteiger partial charge >= 0.3 is 0 Å². The summed E-state index contributed by atoms with van der Waals surface area (Å²) in [6.07, 6.45) is 1.14. The molecule has 1 fully saturated rings. The van der Waals surface area contributed by atoms with Gasteiger partial charge in [0, 0.05) is 5.56 Å². The lowest BCUT2D eigenvalue weighted by Crippen LogP contribution is -2.18. The highest BCUT2D eigenvalue weighted by Crippen LogP contribution is 2.46. The number of hydrogen-bond acceptors (Lipinski definition) is 3. The van der Waals surface area contributed by atoms with Crippen molar-refractivity contribution in [2.24, 2.45) is 0 Å². The van der Waals surface area contributed by atoms with Crippen LogP contribution in [-0.4, -0.2) is 30.8 Å². The lowest BCUT2D eigenvalue weighted by molar-refractivity contribution is 0.0981. The van der Waals surface area contributed by atoms with Crippen molar-refractivity contribution < 1.29 is 13.2 Å². The summed E-state index contributed by atoms with van der Waals surface area (Å²) in [5, 5.41) is 0.